The second kappa shape index (κ2) is 4.68. The summed E-state index contributed by atoms with van der Waals surface area (Å²) in [5.74, 6) is 0.898. The Morgan fingerprint density at radius 2 is 2.26 bits per heavy atom. The van der Waals surface area contributed by atoms with Gasteiger partial charge in [0.25, 0.3) is 0 Å². The molecule has 0 radical (unpaired) electrons. The summed E-state index contributed by atoms with van der Waals surface area (Å²) in [6.07, 6.45) is 3.78. The number of hydrogen-bond acceptors (Lipinski definition) is 4. The first kappa shape index (κ1) is 12.2. The topological polar surface area (TPSA) is 52.5 Å². The van der Waals surface area contributed by atoms with Crippen molar-refractivity contribution >= 4 is 16.3 Å². The van der Waals surface area contributed by atoms with Gasteiger partial charge in [-0.25, -0.2) is 4.98 Å². The minimum atomic E-state index is 0.522. The molecule has 0 bridgehead atoms. The van der Waals surface area contributed by atoms with Crippen LogP contribution >= 0.6 is 11.3 Å². The van der Waals surface area contributed by atoms with E-state index in [1.165, 1.54) is 0 Å². The summed E-state index contributed by atoms with van der Waals surface area (Å²) in [5.41, 5.74) is 9.24. The molecule has 0 saturated carbocycles. The van der Waals surface area contributed by atoms with Gasteiger partial charge in [0.15, 0.2) is 4.96 Å². The average molecular weight is 273 g/mol. The van der Waals surface area contributed by atoms with Crippen LogP contribution in [0.25, 0.3) is 16.2 Å². The van der Waals surface area contributed by atoms with Gasteiger partial charge in [0.2, 0.25) is 0 Å². The van der Waals surface area contributed by atoms with E-state index in [9.17, 15) is 0 Å². The number of nitrogens with zero attached hydrogens (tertiary/aromatic N) is 2. The summed E-state index contributed by atoms with van der Waals surface area (Å²) in [5, 5.41) is 0. The van der Waals surface area contributed by atoms with Crippen molar-refractivity contribution in [1.82, 2.24) is 9.38 Å². The van der Waals surface area contributed by atoms with Crippen molar-refractivity contribution < 1.29 is 4.74 Å². The Morgan fingerprint density at radius 3 is 2.95 bits per heavy atom. The lowest BCUT2D eigenvalue weighted by Crippen LogP contribution is -1.97. The number of ether oxygens (including phenoxy) is 1. The highest BCUT2D eigenvalue weighted by Crippen LogP contribution is 2.33. The Morgan fingerprint density at radius 1 is 1.42 bits per heavy atom. The van der Waals surface area contributed by atoms with Crippen LogP contribution in [0.2, 0.25) is 0 Å². The molecule has 0 atom stereocenters. The van der Waals surface area contributed by atoms with E-state index in [0.717, 1.165) is 32.4 Å². The summed E-state index contributed by atoms with van der Waals surface area (Å²) in [4.78, 5) is 6.45. The smallest absolute Gasteiger partial charge is 0.194 e. The van der Waals surface area contributed by atoms with Crippen LogP contribution in [0.5, 0.6) is 5.75 Å². The van der Waals surface area contributed by atoms with Gasteiger partial charge in [-0.2, -0.15) is 0 Å². The first-order valence-corrected chi connectivity index (χ1v) is 6.86. The van der Waals surface area contributed by atoms with E-state index in [1.807, 2.05) is 25.4 Å². The molecule has 0 aliphatic carbocycles. The molecule has 0 saturated heterocycles. The van der Waals surface area contributed by atoms with Gasteiger partial charge in [-0.15, -0.1) is 0 Å². The Kier molecular flexibility index (Phi) is 3.00. The number of aromatic nitrogens is 2. The van der Waals surface area contributed by atoms with Crippen LogP contribution in [-0.4, -0.2) is 16.5 Å². The highest BCUT2D eigenvalue weighted by molar-refractivity contribution is 7.17. The van der Waals surface area contributed by atoms with Crippen molar-refractivity contribution in [3.8, 4) is 17.0 Å². The summed E-state index contributed by atoms with van der Waals surface area (Å²) >= 11 is 1.64. The van der Waals surface area contributed by atoms with Crippen molar-refractivity contribution in [3.63, 3.8) is 0 Å². The monoisotopic (exact) mass is 273 g/mol. The van der Waals surface area contributed by atoms with Gasteiger partial charge in [0, 0.05) is 29.4 Å². The maximum absolute atomic E-state index is 5.85. The van der Waals surface area contributed by atoms with Crippen molar-refractivity contribution in [2.24, 2.45) is 5.73 Å². The molecule has 0 amide bonds. The van der Waals surface area contributed by atoms with Crippen LogP contribution in [0.3, 0.4) is 0 Å². The zero-order chi connectivity index (χ0) is 13.4. The molecular formula is C14H15N3OS. The molecule has 0 fully saturated rings. The lowest BCUT2D eigenvalue weighted by molar-refractivity contribution is 0.412. The summed E-state index contributed by atoms with van der Waals surface area (Å²) in [6, 6.07) is 6.18. The Bertz CT molecular complexity index is 729. The number of fused-ring (bicyclic) bond motifs is 1. The normalized spacial score (nSPS) is 11.1. The van der Waals surface area contributed by atoms with Crippen LogP contribution in [0, 0.1) is 6.92 Å². The number of benzene rings is 1. The maximum atomic E-state index is 5.85. The largest absolute Gasteiger partial charge is 0.496 e. The third kappa shape index (κ3) is 1.91. The van der Waals surface area contributed by atoms with Crippen molar-refractivity contribution in [2.45, 2.75) is 13.5 Å². The lowest BCUT2D eigenvalue weighted by atomic mass is 10.1. The van der Waals surface area contributed by atoms with Crippen LogP contribution in [0.1, 0.15) is 10.4 Å². The minimum Gasteiger partial charge on any atom is -0.496 e. The number of aryl methyl sites for hydroxylation is 1. The Hall–Kier alpha value is -1.85. The van der Waals surface area contributed by atoms with E-state index in [-0.39, 0.29) is 0 Å². The predicted octanol–water partition coefficient (Wildman–Crippen LogP) is 2.84. The highest BCUT2D eigenvalue weighted by Gasteiger charge is 2.14. The van der Waals surface area contributed by atoms with Gasteiger partial charge in [-0.1, -0.05) is 11.3 Å². The molecule has 19 heavy (non-hydrogen) atoms. The van der Waals surface area contributed by atoms with Crippen LogP contribution in [-0.2, 0) is 6.54 Å². The van der Waals surface area contributed by atoms with Gasteiger partial charge < -0.3 is 10.5 Å². The van der Waals surface area contributed by atoms with Crippen LogP contribution < -0.4 is 10.5 Å². The van der Waals surface area contributed by atoms with Gasteiger partial charge >= 0.3 is 0 Å². The molecule has 0 aliphatic rings. The van der Waals surface area contributed by atoms with Crippen LogP contribution in [0.15, 0.2) is 30.6 Å². The third-order valence-corrected chi connectivity index (χ3v) is 4.27. The Balaban J connectivity index is 2.22. The van der Waals surface area contributed by atoms with Crippen molar-refractivity contribution in [1.29, 1.82) is 0 Å². The molecule has 3 aromatic rings. The van der Waals surface area contributed by atoms with Gasteiger partial charge in [0.05, 0.1) is 12.8 Å². The molecule has 4 nitrogen and oxygen atoms in total. The number of methoxy groups -OCH3 is 1. The van der Waals surface area contributed by atoms with Crippen molar-refractivity contribution in [2.75, 3.05) is 7.11 Å². The zero-order valence-corrected chi connectivity index (χ0v) is 11.7. The molecule has 0 unspecified atom stereocenters. The van der Waals surface area contributed by atoms with E-state index >= 15 is 0 Å². The Labute approximate surface area is 115 Å². The summed E-state index contributed by atoms with van der Waals surface area (Å²) < 4.78 is 7.40. The zero-order valence-electron chi connectivity index (χ0n) is 10.9. The molecule has 2 N–H and O–H groups in total. The van der Waals surface area contributed by atoms with Gasteiger partial charge in [-0.3, -0.25) is 4.40 Å². The minimum absolute atomic E-state index is 0.522. The molecule has 98 valence electrons. The number of imidazole rings is 1. The summed E-state index contributed by atoms with van der Waals surface area (Å²) in [7, 11) is 1.69. The fourth-order valence-corrected chi connectivity index (χ4v) is 3.27. The maximum Gasteiger partial charge on any atom is 0.194 e. The van der Waals surface area contributed by atoms with Crippen molar-refractivity contribution in [3.05, 3.63) is 41.0 Å². The second-order valence-corrected chi connectivity index (χ2v) is 5.40. The van der Waals surface area contributed by atoms with E-state index in [1.54, 1.807) is 18.4 Å². The number of nitrogens with two attached hydrogens (primary N) is 1. The molecular weight excluding hydrogens is 258 g/mol. The molecule has 2 aromatic heterocycles. The number of hydrogen-bond donors (Lipinski definition) is 1. The second-order valence-electron chi connectivity index (χ2n) is 4.34. The molecule has 3 rings (SSSR count). The molecule has 1 aromatic carbocycles. The first-order chi connectivity index (χ1) is 9.24. The SMILES string of the molecule is COc1ccc(-c2c(CN)sc3nccn23)cc1C. The third-order valence-electron chi connectivity index (χ3n) is 3.18. The highest BCUT2D eigenvalue weighted by atomic mass is 32.1. The number of rotatable bonds is 3. The molecule has 2 heterocycles. The first-order valence-electron chi connectivity index (χ1n) is 6.04. The fourth-order valence-electron chi connectivity index (χ4n) is 2.29. The van der Waals surface area contributed by atoms with Gasteiger partial charge in [0.1, 0.15) is 5.75 Å². The molecule has 0 spiro atoms. The molecule has 0 aliphatic heterocycles. The van der Waals surface area contributed by atoms with E-state index in [2.05, 4.69) is 21.5 Å². The lowest BCUT2D eigenvalue weighted by Gasteiger charge is -2.08. The van der Waals surface area contributed by atoms with E-state index in [0.29, 0.717) is 6.54 Å². The van der Waals surface area contributed by atoms with Gasteiger partial charge in [-0.05, 0) is 30.7 Å². The molecule has 5 heteroatoms. The quantitative estimate of drug-likeness (QED) is 0.798. The predicted molar refractivity (Wildman–Crippen MR) is 77.7 cm³/mol. The summed E-state index contributed by atoms with van der Waals surface area (Å²) in [6.45, 7) is 2.57. The van der Waals surface area contributed by atoms with E-state index in [4.69, 9.17) is 10.5 Å². The van der Waals surface area contributed by atoms with Crippen LogP contribution in [0.4, 0.5) is 0 Å². The van der Waals surface area contributed by atoms with E-state index < -0.39 is 0 Å². The standard InChI is InChI=1S/C14H15N3OS/c1-9-7-10(3-4-11(9)18-2)13-12(8-15)19-14-16-5-6-17(13)14/h3-7H,8,15H2,1-2H3. The fraction of sp³-hybridized carbons (Fsp3) is 0.214. The number of thiazole rings is 1. The average Bonchev–Trinajstić information content (AvgIpc) is 2.98.